The number of carbonyl (C=O) groups excluding carboxylic acids is 4. The summed E-state index contributed by atoms with van der Waals surface area (Å²) in [5, 5.41) is 7.81. The van der Waals surface area contributed by atoms with Crippen LogP contribution in [0.15, 0.2) is 47.1 Å². The fourth-order valence-corrected chi connectivity index (χ4v) is 7.48. The van der Waals surface area contributed by atoms with Crippen LogP contribution >= 0.6 is 15.9 Å². The number of benzene rings is 2. The van der Waals surface area contributed by atoms with Crippen molar-refractivity contribution >= 4 is 56.1 Å². The highest BCUT2D eigenvalue weighted by Gasteiger charge is 2.54. The first-order valence-electron chi connectivity index (χ1n) is 14.2. The minimum Gasteiger partial charge on any atom is -0.339 e. The van der Waals surface area contributed by atoms with Gasteiger partial charge in [0.05, 0.1) is 23.7 Å². The topological polar surface area (TPSA) is 110 Å². The monoisotopic (exact) mass is 620 g/mol. The molecule has 2 fully saturated rings. The lowest BCUT2D eigenvalue weighted by atomic mass is 9.73. The number of fused-ring (bicyclic) bond motifs is 3. The SMILES string of the molecule is CCC1CN(C(=O)CN2C(=O)C3(CCN(C(=O)c4ccc5[nH]ncc5c4)CC3)c3c(Br)cccc32)CC(=O)N1CC. The first-order valence-corrected chi connectivity index (χ1v) is 15.0. The molecule has 10 nitrogen and oxygen atoms in total. The molecule has 214 valence electrons. The maximum Gasteiger partial charge on any atom is 0.253 e. The maximum absolute atomic E-state index is 14.2. The first kappa shape index (κ1) is 27.4. The lowest BCUT2D eigenvalue weighted by Crippen LogP contribution is -2.59. The summed E-state index contributed by atoms with van der Waals surface area (Å²) < 4.78 is 0.821. The Hall–Kier alpha value is -3.73. The van der Waals surface area contributed by atoms with Crippen LogP contribution in [0, 0.1) is 0 Å². The fraction of sp³-hybridized carbons (Fsp3) is 0.433. The summed E-state index contributed by atoms with van der Waals surface area (Å²) in [7, 11) is 0. The number of carbonyl (C=O) groups is 4. The van der Waals surface area contributed by atoms with E-state index in [9.17, 15) is 19.2 Å². The van der Waals surface area contributed by atoms with Crippen LogP contribution in [0.5, 0.6) is 0 Å². The Morgan fingerprint density at radius 2 is 1.88 bits per heavy atom. The van der Waals surface area contributed by atoms with Crippen molar-refractivity contribution in [2.24, 2.45) is 0 Å². The van der Waals surface area contributed by atoms with Crippen LogP contribution in [-0.2, 0) is 19.8 Å². The number of piperidine rings is 1. The number of piperazine rings is 1. The van der Waals surface area contributed by atoms with Gasteiger partial charge in [-0.25, -0.2) is 0 Å². The fourth-order valence-electron chi connectivity index (χ4n) is 6.74. The number of aromatic amines is 1. The number of hydrogen-bond donors (Lipinski definition) is 1. The highest BCUT2D eigenvalue weighted by atomic mass is 79.9. The molecule has 41 heavy (non-hydrogen) atoms. The van der Waals surface area contributed by atoms with Gasteiger partial charge in [0.2, 0.25) is 17.7 Å². The van der Waals surface area contributed by atoms with Crippen molar-refractivity contribution in [2.45, 2.75) is 44.6 Å². The lowest BCUT2D eigenvalue weighted by molar-refractivity contribution is -0.148. The van der Waals surface area contributed by atoms with Crippen molar-refractivity contribution in [3.8, 4) is 0 Å². The van der Waals surface area contributed by atoms with E-state index >= 15 is 0 Å². The minimum atomic E-state index is -0.830. The zero-order valence-electron chi connectivity index (χ0n) is 23.2. The summed E-state index contributed by atoms with van der Waals surface area (Å²) in [6.07, 6.45) is 3.37. The zero-order chi connectivity index (χ0) is 28.9. The van der Waals surface area contributed by atoms with Crippen LogP contribution in [0.25, 0.3) is 10.9 Å². The second kappa shape index (κ2) is 10.6. The molecule has 11 heteroatoms. The molecular formula is C30H33BrN6O4. The first-order chi connectivity index (χ1) is 19.8. The number of nitrogens with zero attached hydrogens (tertiary/aromatic N) is 5. The molecule has 1 atom stereocenters. The summed E-state index contributed by atoms with van der Waals surface area (Å²) >= 11 is 3.68. The molecule has 2 aromatic carbocycles. The summed E-state index contributed by atoms with van der Waals surface area (Å²) in [4.78, 5) is 60.7. The number of likely N-dealkylation sites (tertiary alicyclic amines) is 1. The van der Waals surface area contributed by atoms with Crippen LogP contribution in [0.4, 0.5) is 5.69 Å². The van der Waals surface area contributed by atoms with E-state index in [1.54, 1.807) is 27.0 Å². The van der Waals surface area contributed by atoms with Crippen LogP contribution < -0.4 is 4.90 Å². The van der Waals surface area contributed by atoms with Crippen molar-refractivity contribution in [1.82, 2.24) is 24.9 Å². The molecule has 3 aromatic rings. The van der Waals surface area contributed by atoms with E-state index in [1.165, 1.54) is 0 Å². The number of H-pyrrole nitrogens is 1. The smallest absolute Gasteiger partial charge is 0.253 e. The van der Waals surface area contributed by atoms with Gasteiger partial charge < -0.3 is 19.6 Å². The lowest BCUT2D eigenvalue weighted by Gasteiger charge is -2.41. The van der Waals surface area contributed by atoms with Crippen molar-refractivity contribution < 1.29 is 19.2 Å². The Morgan fingerprint density at radius 3 is 2.61 bits per heavy atom. The molecule has 2 saturated heterocycles. The van der Waals surface area contributed by atoms with Gasteiger partial charge in [0, 0.05) is 58.9 Å². The number of likely N-dealkylation sites (N-methyl/N-ethyl adjacent to an activating group) is 1. The molecule has 0 aliphatic carbocycles. The number of hydrogen-bond acceptors (Lipinski definition) is 5. The molecule has 1 aromatic heterocycles. The van der Waals surface area contributed by atoms with Crippen molar-refractivity contribution in [3.05, 3.63) is 58.2 Å². The van der Waals surface area contributed by atoms with Crippen LogP contribution in [0.1, 0.15) is 49.0 Å². The van der Waals surface area contributed by atoms with E-state index in [2.05, 4.69) is 26.1 Å². The van der Waals surface area contributed by atoms with Crippen LogP contribution in [-0.4, -0.2) is 93.8 Å². The second-order valence-corrected chi connectivity index (χ2v) is 11.9. The molecule has 3 aliphatic rings. The van der Waals surface area contributed by atoms with Gasteiger partial charge in [-0.15, -0.1) is 0 Å². The third kappa shape index (κ3) is 4.50. The number of anilines is 1. The molecule has 3 aliphatic heterocycles. The molecule has 0 bridgehead atoms. The third-order valence-corrected chi connectivity index (χ3v) is 9.64. The highest BCUT2D eigenvalue weighted by molar-refractivity contribution is 9.10. The van der Waals surface area contributed by atoms with E-state index in [4.69, 9.17) is 0 Å². The number of halogens is 1. The zero-order valence-corrected chi connectivity index (χ0v) is 24.8. The highest BCUT2D eigenvalue weighted by Crippen LogP contribution is 2.51. The Labute approximate surface area is 246 Å². The largest absolute Gasteiger partial charge is 0.339 e. The predicted molar refractivity (Wildman–Crippen MR) is 157 cm³/mol. The van der Waals surface area contributed by atoms with Gasteiger partial charge in [-0.3, -0.25) is 24.3 Å². The second-order valence-electron chi connectivity index (χ2n) is 11.1. The summed E-state index contributed by atoms with van der Waals surface area (Å²) in [6.45, 7) is 5.80. The summed E-state index contributed by atoms with van der Waals surface area (Å²) in [5.41, 5.74) is 2.22. The van der Waals surface area contributed by atoms with Gasteiger partial charge in [0.15, 0.2) is 0 Å². The molecule has 1 N–H and O–H groups in total. The van der Waals surface area contributed by atoms with Gasteiger partial charge >= 0.3 is 0 Å². The molecule has 1 spiro atoms. The minimum absolute atomic E-state index is 0.0247. The van der Waals surface area contributed by atoms with Crippen molar-refractivity contribution in [1.29, 1.82) is 0 Å². The average molecular weight is 622 g/mol. The van der Waals surface area contributed by atoms with E-state index < -0.39 is 5.41 Å². The Morgan fingerprint density at radius 1 is 1.10 bits per heavy atom. The molecule has 1 unspecified atom stereocenters. The number of amides is 4. The molecular weight excluding hydrogens is 588 g/mol. The Bertz CT molecular complexity index is 1540. The van der Waals surface area contributed by atoms with Crippen LogP contribution in [0.2, 0.25) is 0 Å². The van der Waals surface area contributed by atoms with Crippen LogP contribution in [0.3, 0.4) is 0 Å². The Balaban J connectivity index is 1.21. The normalized spacial score (nSPS) is 20.3. The maximum atomic E-state index is 14.2. The standard InChI is InChI=1S/C30H33BrN6O4/c1-3-21-16-35(17-26(39)36(21)4-2)25(38)18-37-24-7-5-6-22(31)27(24)30(29(37)41)10-12-34(13-11-30)28(40)19-8-9-23-20(14-19)15-32-33-23/h5-9,14-15,21H,3-4,10-13,16-18H2,1-2H3,(H,32,33). The van der Waals surface area contributed by atoms with Gasteiger partial charge in [-0.05, 0) is 56.5 Å². The summed E-state index contributed by atoms with van der Waals surface area (Å²) in [5.74, 6) is -0.485. The predicted octanol–water partition coefficient (Wildman–Crippen LogP) is 3.32. The Kier molecular flexibility index (Phi) is 7.09. The number of rotatable bonds is 5. The molecule has 0 saturated carbocycles. The number of aromatic nitrogens is 2. The van der Waals surface area contributed by atoms with Crippen molar-refractivity contribution in [2.75, 3.05) is 44.2 Å². The molecule has 4 amide bonds. The van der Waals surface area contributed by atoms with E-state index in [-0.39, 0.29) is 42.8 Å². The van der Waals surface area contributed by atoms with Crippen molar-refractivity contribution in [3.63, 3.8) is 0 Å². The number of nitrogens with one attached hydrogen (secondary N) is 1. The average Bonchev–Trinajstić information content (AvgIpc) is 3.54. The van der Waals surface area contributed by atoms with E-state index in [1.807, 2.05) is 49.1 Å². The molecule has 6 rings (SSSR count). The van der Waals surface area contributed by atoms with E-state index in [0.717, 1.165) is 27.4 Å². The van der Waals surface area contributed by atoms with Gasteiger partial charge in [-0.1, -0.05) is 28.9 Å². The van der Waals surface area contributed by atoms with Gasteiger partial charge in [-0.2, -0.15) is 5.10 Å². The van der Waals surface area contributed by atoms with Gasteiger partial charge in [0.25, 0.3) is 5.91 Å². The van der Waals surface area contributed by atoms with Gasteiger partial charge in [0.1, 0.15) is 6.54 Å². The van der Waals surface area contributed by atoms with E-state index in [0.29, 0.717) is 50.3 Å². The molecule has 4 heterocycles. The summed E-state index contributed by atoms with van der Waals surface area (Å²) in [6, 6.07) is 11.1. The molecule has 0 radical (unpaired) electrons. The third-order valence-electron chi connectivity index (χ3n) is 8.98. The quantitative estimate of drug-likeness (QED) is 0.471.